The van der Waals surface area contributed by atoms with Gasteiger partial charge in [0.05, 0.1) is 28.6 Å². The summed E-state index contributed by atoms with van der Waals surface area (Å²) in [4.78, 5) is 27.0. The van der Waals surface area contributed by atoms with Gasteiger partial charge in [-0.25, -0.2) is 0 Å². The first-order chi connectivity index (χ1) is 11.6. The third-order valence-electron chi connectivity index (χ3n) is 3.94. The minimum absolute atomic E-state index is 0.0182. The van der Waals surface area contributed by atoms with Crippen LogP contribution in [0.3, 0.4) is 0 Å². The molecule has 1 aliphatic rings. The molecule has 2 aromatic carbocycles. The number of aromatic nitrogens is 2. The monoisotopic (exact) mass is 320 g/mol. The molecule has 0 atom stereocenters. The number of rotatable bonds is 2. The van der Waals surface area contributed by atoms with Gasteiger partial charge in [0.1, 0.15) is 0 Å². The quantitative estimate of drug-likeness (QED) is 0.580. The van der Waals surface area contributed by atoms with Crippen LogP contribution in [0.15, 0.2) is 64.4 Å². The van der Waals surface area contributed by atoms with Gasteiger partial charge in [-0.1, -0.05) is 30.3 Å². The van der Waals surface area contributed by atoms with E-state index in [9.17, 15) is 14.9 Å². The average Bonchev–Trinajstić information content (AvgIpc) is 2.89. The Balaban J connectivity index is 2.01. The molecule has 0 spiro atoms. The van der Waals surface area contributed by atoms with Crippen LogP contribution >= 0.6 is 0 Å². The van der Waals surface area contributed by atoms with Crippen LogP contribution in [0, 0.1) is 10.1 Å². The van der Waals surface area contributed by atoms with E-state index in [1.165, 1.54) is 18.2 Å². The van der Waals surface area contributed by atoms with Crippen LogP contribution in [0.2, 0.25) is 0 Å². The molecule has 0 saturated heterocycles. The van der Waals surface area contributed by atoms with Crippen LogP contribution in [-0.4, -0.2) is 20.4 Å². The molecule has 24 heavy (non-hydrogen) atoms. The lowest BCUT2D eigenvalue weighted by Gasteiger charge is -2.11. The first-order valence-electron chi connectivity index (χ1n) is 7.33. The topological polar surface area (TPSA) is 93.3 Å². The van der Waals surface area contributed by atoms with E-state index in [2.05, 4.69) is 10.1 Å². The summed E-state index contributed by atoms with van der Waals surface area (Å²) < 4.78 is 1.64. The number of fused-ring (bicyclic) bond motifs is 3. The van der Waals surface area contributed by atoms with E-state index in [-0.39, 0.29) is 11.2 Å². The van der Waals surface area contributed by atoms with Gasteiger partial charge < -0.3 is 0 Å². The molecule has 0 bridgehead atoms. The number of aromatic amines is 1. The van der Waals surface area contributed by atoms with Crippen molar-refractivity contribution in [2.24, 2.45) is 4.99 Å². The molecule has 0 fully saturated rings. The maximum Gasteiger partial charge on any atom is 0.270 e. The SMILES string of the molecule is O=c1cc2n([nH]1)-c1ccc([N+](=O)[O-])cc1C(c1ccccc1)=NC2. The third kappa shape index (κ3) is 2.23. The highest BCUT2D eigenvalue weighted by molar-refractivity contribution is 6.15. The van der Waals surface area contributed by atoms with Crippen LogP contribution in [0.25, 0.3) is 5.69 Å². The fourth-order valence-electron chi connectivity index (χ4n) is 2.87. The highest BCUT2D eigenvalue weighted by atomic mass is 16.6. The van der Waals surface area contributed by atoms with Gasteiger partial charge in [-0.2, -0.15) is 0 Å². The van der Waals surface area contributed by atoms with Crippen molar-refractivity contribution in [1.29, 1.82) is 0 Å². The summed E-state index contributed by atoms with van der Waals surface area (Å²) in [5.74, 6) is 0. The lowest BCUT2D eigenvalue weighted by molar-refractivity contribution is -0.384. The van der Waals surface area contributed by atoms with E-state index in [4.69, 9.17) is 0 Å². The Morgan fingerprint density at radius 1 is 1.12 bits per heavy atom. The van der Waals surface area contributed by atoms with E-state index in [0.717, 1.165) is 5.56 Å². The summed E-state index contributed by atoms with van der Waals surface area (Å²) in [7, 11) is 0. The standard InChI is InChI=1S/C17H12N4O3/c22-16-9-13-10-18-17(11-4-2-1-3-5-11)14-8-12(21(23)24)6-7-15(14)20(13)19-16/h1-9H,10H2,(H,19,22). The number of non-ortho nitro benzene ring substituents is 1. The van der Waals surface area contributed by atoms with Crippen LogP contribution in [0.5, 0.6) is 0 Å². The van der Waals surface area contributed by atoms with Gasteiger partial charge in [0.25, 0.3) is 11.2 Å². The molecule has 2 heterocycles. The Hall–Kier alpha value is -3.48. The highest BCUT2D eigenvalue weighted by Gasteiger charge is 2.22. The van der Waals surface area contributed by atoms with Crippen LogP contribution < -0.4 is 5.56 Å². The smallest absolute Gasteiger partial charge is 0.270 e. The van der Waals surface area contributed by atoms with Crippen LogP contribution in [0.4, 0.5) is 5.69 Å². The van der Waals surface area contributed by atoms with Gasteiger partial charge >= 0.3 is 0 Å². The number of H-pyrrole nitrogens is 1. The summed E-state index contributed by atoms with van der Waals surface area (Å²) >= 11 is 0. The molecule has 4 rings (SSSR count). The molecule has 3 aromatic rings. The highest BCUT2D eigenvalue weighted by Crippen LogP contribution is 2.27. The van der Waals surface area contributed by atoms with E-state index >= 15 is 0 Å². The van der Waals surface area contributed by atoms with Crippen molar-refractivity contribution in [3.63, 3.8) is 0 Å². The second-order valence-electron chi connectivity index (χ2n) is 5.44. The largest absolute Gasteiger partial charge is 0.278 e. The molecule has 1 aliphatic heterocycles. The molecular weight excluding hydrogens is 308 g/mol. The Bertz CT molecular complexity index is 1030. The normalized spacial score (nSPS) is 12.8. The Labute approximate surface area is 136 Å². The predicted octanol–water partition coefficient (Wildman–Crippen LogP) is 2.42. The molecule has 0 amide bonds. The molecular formula is C17H12N4O3. The van der Waals surface area contributed by atoms with Gasteiger partial charge in [0, 0.05) is 29.3 Å². The van der Waals surface area contributed by atoms with Gasteiger partial charge in [-0.3, -0.25) is 29.7 Å². The second-order valence-corrected chi connectivity index (χ2v) is 5.44. The lowest BCUT2D eigenvalue weighted by Crippen LogP contribution is -2.10. The number of benzene rings is 2. The minimum Gasteiger partial charge on any atom is -0.278 e. The Kier molecular flexibility index (Phi) is 3.13. The van der Waals surface area contributed by atoms with Crippen molar-refractivity contribution >= 4 is 11.4 Å². The summed E-state index contributed by atoms with van der Waals surface area (Å²) in [5, 5.41) is 13.9. The Morgan fingerprint density at radius 2 is 1.92 bits per heavy atom. The zero-order valence-corrected chi connectivity index (χ0v) is 12.5. The number of hydrogen-bond acceptors (Lipinski definition) is 4. The Morgan fingerprint density at radius 3 is 2.67 bits per heavy atom. The van der Waals surface area contributed by atoms with E-state index < -0.39 is 4.92 Å². The zero-order valence-electron chi connectivity index (χ0n) is 12.5. The van der Waals surface area contributed by atoms with Gasteiger partial charge in [0.15, 0.2) is 0 Å². The maximum atomic E-state index is 11.7. The van der Waals surface area contributed by atoms with E-state index in [1.54, 1.807) is 10.7 Å². The molecule has 118 valence electrons. The zero-order chi connectivity index (χ0) is 16.7. The van der Waals surface area contributed by atoms with Crippen molar-refractivity contribution < 1.29 is 4.92 Å². The van der Waals surface area contributed by atoms with Crippen LogP contribution in [-0.2, 0) is 6.54 Å². The van der Waals surface area contributed by atoms with E-state index in [1.807, 2.05) is 30.3 Å². The first-order valence-corrected chi connectivity index (χ1v) is 7.33. The van der Waals surface area contributed by atoms with Gasteiger partial charge in [-0.15, -0.1) is 0 Å². The molecule has 7 nitrogen and oxygen atoms in total. The van der Waals surface area contributed by atoms with Crippen molar-refractivity contribution in [3.05, 3.63) is 91.9 Å². The molecule has 1 N–H and O–H groups in total. The molecule has 0 aliphatic carbocycles. The number of hydrogen-bond donors (Lipinski definition) is 1. The number of nitro groups is 1. The fourth-order valence-corrected chi connectivity index (χ4v) is 2.87. The first kappa shape index (κ1) is 14.1. The van der Waals surface area contributed by atoms with Crippen LogP contribution in [0.1, 0.15) is 16.8 Å². The predicted molar refractivity (Wildman–Crippen MR) is 88.8 cm³/mol. The fraction of sp³-hybridized carbons (Fsp3) is 0.0588. The van der Waals surface area contributed by atoms with Crippen molar-refractivity contribution in [2.75, 3.05) is 0 Å². The lowest BCUT2D eigenvalue weighted by atomic mass is 10.00. The summed E-state index contributed by atoms with van der Waals surface area (Å²) in [5.41, 5.74) is 3.27. The summed E-state index contributed by atoms with van der Waals surface area (Å²) in [6.07, 6.45) is 0. The molecule has 1 aromatic heterocycles. The number of aliphatic imine (C=N–C) groups is 1. The van der Waals surface area contributed by atoms with Gasteiger partial charge in [0.2, 0.25) is 0 Å². The molecule has 0 radical (unpaired) electrons. The average molecular weight is 320 g/mol. The number of nitrogens with one attached hydrogen (secondary N) is 1. The summed E-state index contributed by atoms with van der Waals surface area (Å²) in [6.45, 7) is 0.311. The number of nitrogens with zero attached hydrogens (tertiary/aromatic N) is 3. The van der Waals surface area contributed by atoms with Crippen molar-refractivity contribution in [3.8, 4) is 5.69 Å². The molecule has 7 heteroatoms. The number of nitro benzene ring substituents is 1. The van der Waals surface area contributed by atoms with Crippen molar-refractivity contribution in [2.45, 2.75) is 6.54 Å². The minimum atomic E-state index is -0.437. The molecule has 0 saturated carbocycles. The second kappa shape index (κ2) is 5.31. The molecule has 0 unspecified atom stereocenters. The third-order valence-corrected chi connectivity index (χ3v) is 3.94. The van der Waals surface area contributed by atoms with Gasteiger partial charge in [-0.05, 0) is 6.07 Å². The van der Waals surface area contributed by atoms with E-state index in [0.29, 0.717) is 29.2 Å². The van der Waals surface area contributed by atoms with Crippen molar-refractivity contribution in [1.82, 2.24) is 9.78 Å². The summed E-state index contributed by atoms with van der Waals surface area (Å²) in [6, 6.07) is 15.5. The maximum absolute atomic E-state index is 11.7.